The minimum Gasteiger partial charge on any atom is -0.373 e. The molecule has 1 amide bonds. The monoisotopic (exact) mass is 493 g/mol. The summed E-state index contributed by atoms with van der Waals surface area (Å²) in [4.78, 5) is 17.8. The molecule has 0 saturated carbocycles. The van der Waals surface area contributed by atoms with Gasteiger partial charge in [-0.25, -0.2) is 8.42 Å². The van der Waals surface area contributed by atoms with Gasteiger partial charge in [0.15, 0.2) is 4.80 Å². The third kappa shape index (κ3) is 4.40. The van der Waals surface area contributed by atoms with Gasteiger partial charge in [0.1, 0.15) is 0 Å². The molecule has 1 aliphatic rings. The van der Waals surface area contributed by atoms with E-state index in [0.717, 1.165) is 10.2 Å². The number of carbonyl (C=O) groups excluding carboxylic acids is 1. The van der Waals surface area contributed by atoms with Gasteiger partial charge in [0.25, 0.3) is 5.91 Å². The van der Waals surface area contributed by atoms with E-state index in [1.54, 1.807) is 0 Å². The number of morpholine rings is 1. The summed E-state index contributed by atoms with van der Waals surface area (Å²) in [5, 5.41) is 0.607. The lowest BCUT2D eigenvalue weighted by atomic mass is 10.2. The molecule has 4 rings (SSSR count). The van der Waals surface area contributed by atoms with Crippen LogP contribution >= 0.6 is 22.9 Å². The standard InChI is InChI=1S/C22H24ClN3O4S2/c1-4-26-20-18(23)6-5-7-19(20)31-22(26)24-21(27)16-8-10-17(11-9-16)32(28,29)25-12-14(2)30-15(3)13-25/h5-11,14-15H,4,12-13H2,1-3H3/t14-,15-/m0/s1. The summed E-state index contributed by atoms with van der Waals surface area (Å²) in [5.74, 6) is -0.438. The number of amides is 1. The fourth-order valence-corrected chi connectivity index (χ4v) is 6.90. The molecule has 1 aromatic heterocycles. The molecule has 0 N–H and O–H groups in total. The maximum atomic E-state index is 13.0. The Labute approximate surface area is 196 Å². The van der Waals surface area contributed by atoms with Crippen molar-refractivity contribution in [1.82, 2.24) is 8.87 Å². The summed E-state index contributed by atoms with van der Waals surface area (Å²) in [6.45, 7) is 6.88. The Kier molecular flexibility index (Phi) is 6.56. The van der Waals surface area contributed by atoms with Gasteiger partial charge in [-0.1, -0.05) is 29.0 Å². The Morgan fingerprint density at radius 3 is 2.44 bits per heavy atom. The van der Waals surface area contributed by atoms with Crippen molar-refractivity contribution in [3.05, 3.63) is 57.9 Å². The van der Waals surface area contributed by atoms with Gasteiger partial charge < -0.3 is 9.30 Å². The number of aromatic nitrogens is 1. The van der Waals surface area contributed by atoms with Crippen LogP contribution in [-0.2, 0) is 21.3 Å². The summed E-state index contributed by atoms with van der Waals surface area (Å²) >= 11 is 7.73. The number of hydrogen-bond donors (Lipinski definition) is 0. The molecule has 1 saturated heterocycles. The molecule has 1 aliphatic heterocycles. The third-order valence-electron chi connectivity index (χ3n) is 5.29. The predicted octanol–water partition coefficient (Wildman–Crippen LogP) is 3.92. The van der Waals surface area contributed by atoms with Crippen LogP contribution in [0.4, 0.5) is 0 Å². The van der Waals surface area contributed by atoms with E-state index in [0.29, 0.717) is 35.0 Å². The zero-order chi connectivity index (χ0) is 23.0. The number of para-hydroxylation sites is 1. The number of benzene rings is 2. The van der Waals surface area contributed by atoms with Gasteiger partial charge in [-0.15, -0.1) is 0 Å². The lowest BCUT2D eigenvalue weighted by molar-refractivity contribution is -0.0440. The van der Waals surface area contributed by atoms with Crippen molar-refractivity contribution in [3.63, 3.8) is 0 Å². The van der Waals surface area contributed by atoms with E-state index in [4.69, 9.17) is 16.3 Å². The Morgan fingerprint density at radius 2 is 1.81 bits per heavy atom. The van der Waals surface area contributed by atoms with Crippen LogP contribution in [0.25, 0.3) is 10.2 Å². The van der Waals surface area contributed by atoms with Gasteiger partial charge >= 0.3 is 0 Å². The van der Waals surface area contributed by atoms with Gasteiger partial charge in [-0.3, -0.25) is 4.79 Å². The number of sulfonamides is 1. The number of halogens is 1. The maximum absolute atomic E-state index is 13.0. The molecule has 7 nitrogen and oxygen atoms in total. The van der Waals surface area contributed by atoms with Crippen LogP contribution in [0.3, 0.4) is 0 Å². The zero-order valence-corrected chi connectivity index (χ0v) is 20.4. The maximum Gasteiger partial charge on any atom is 0.279 e. The summed E-state index contributed by atoms with van der Waals surface area (Å²) in [6.07, 6.45) is -0.346. The number of carbonyl (C=O) groups is 1. The molecule has 2 heterocycles. The van der Waals surface area contributed by atoms with E-state index in [2.05, 4.69) is 4.99 Å². The molecular formula is C22H24ClN3O4S2. The van der Waals surface area contributed by atoms with Crippen molar-refractivity contribution < 1.29 is 17.9 Å². The van der Waals surface area contributed by atoms with E-state index >= 15 is 0 Å². The van der Waals surface area contributed by atoms with Crippen molar-refractivity contribution in [1.29, 1.82) is 0 Å². The number of hydrogen-bond acceptors (Lipinski definition) is 5. The minimum atomic E-state index is -3.67. The van der Waals surface area contributed by atoms with Crippen LogP contribution < -0.4 is 4.80 Å². The van der Waals surface area contributed by atoms with E-state index in [9.17, 15) is 13.2 Å². The molecule has 2 atom stereocenters. The molecular weight excluding hydrogens is 470 g/mol. The molecule has 10 heteroatoms. The number of rotatable bonds is 4. The molecule has 0 radical (unpaired) electrons. The lowest BCUT2D eigenvalue weighted by Crippen LogP contribution is -2.48. The second-order valence-corrected chi connectivity index (χ2v) is 11.1. The Morgan fingerprint density at radius 1 is 1.16 bits per heavy atom. The predicted molar refractivity (Wildman–Crippen MR) is 126 cm³/mol. The number of thiazole rings is 1. The first-order chi connectivity index (χ1) is 15.2. The van der Waals surface area contributed by atoms with Crippen LogP contribution in [0.5, 0.6) is 0 Å². The fraction of sp³-hybridized carbons (Fsp3) is 0.364. The normalized spacial score (nSPS) is 20.7. The number of ether oxygens (including phenoxy) is 1. The van der Waals surface area contributed by atoms with Crippen LogP contribution in [0.1, 0.15) is 31.1 Å². The van der Waals surface area contributed by atoms with Crippen LogP contribution in [0.2, 0.25) is 5.02 Å². The van der Waals surface area contributed by atoms with E-state index in [-0.39, 0.29) is 17.1 Å². The second-order valence-electron chi connectivity index (χ2n) is 7.74. The molecule has 3 aromatic rings. The van der Waals surface area contributed by atoms with Gasteiger partial charge in [-0.2, -0.15) is 9.30 Å². The number of nitrogens with zero attached hydrogens (tertiary/aromatic N) is 3. The van der Waals surface area contributed by atoms with Crippen molar-refractivity contribution in [2.75, 3.05) is 13.1 Å². The molecule has 0 unspecified atom stereocenters. The quantitative estimate of drug-likeness (QED) is 0.551. The lowest BCUT2D eigenvalue weighted by Gasteiger charge is -2.34. The molecule has 170 valence electrons. The third-order valence-corrected chi connectivity index (χ3v) is 8.48. The Hall–Kier alpha value is -2.04. The number of aryl methyl sites for hydroxylation is 1. The van der Waals surface area contributed by atoms with Gasteiger partial charge in [0.05, 0.1) is 32.3 Å². The first-order valence-electron chi connectivity index (χ1n) is 10.3. The summed E-state index contributed by atoms with van der Waals surface area (Å²) < 4.78 is 35.9. The first-order valence-corrected chi connectivity index (χ1v) is 13.0. The van der Waals surface area contributed by atoms with Gasteiger partial charge in [0.2, 0.25) is 10.0 Å². The van der Waals surface area contributed by atoms with Crippen LogP contribution in [0.15, 0.2) is 52.4 Å². The van der Waals surface area contributed by atoms with E-state index in [1.165, 1.54) is 39.9 Å². The van der Waals surface area contributed by atoms with Crippen molar-refractivity contribution in [2.24, 2.45) is 4.99 Å². The average Bonchev–Trinajstić information content (AvgIpc) is 3.11. The Balaban J connectivity index is 1.63. The molecule has 0 spiro atoms. The molecule has 0 bridgehead atoms. The van der Waals surface area contributed by atoms with Crippen LogP contribution in [0, 0.1) is 0 Å². The SMILES string of the molecule is CCn1c(=NC(=O)c2ccc(S(=O)(=O)N3C[C@H](C)O[C@@H](C)C3)cc2)sc2cccc(Cl)c21. The van der Waals surface area contributed by atoms with Crippen molar-refractivity contribution in [2.45, 2.75) is 44.4 Å². The van der Waals surface area contributed by atoms with Crippen LogP contribution in [-0.4, -0.2) is 48.5 Å². The van der Waals surface area contributed by atoms with E-state index in [1.807, 2.05) is 43.5 Å². The highest BCUT2D eigenvalue weighted by Crippen LogP contribution is 2.25. The fourth-order valence-electron chi connectivity index (χ4n) is 3.86. The molecule has 1 fully saturated rings. The smallest absolute Gasteiger partial charge is 0.279 e. The first kappa shape index (κ1) is 23.1. The summed E-state index contributed by atoms with van der Waals surface area (Å²) in [5.41, 5.74) is 1.17. The van der Waals surface area contributed by atoms with E-state index < -0.39 is 15.9 Å². The summed E-state index contributed by atoms with van der Waals surface area (Å²) in [7, 11) is -3.67. The van der Waals surface area contributed by atoms with Crippen molar-refractivity contribution in [3.8, 4) is 0 Å². The minimum absolute atomic E-state index is 0.146. The summed E-state index contributed by atoms with van der Waals surface area (Å²) in [6, 6.07) is 11.5. The van der Waals surface area contributed by atoms with Crippen molar-refractivity contribution >= 4 is 49.1 Å². The highest BCUT2D eigenvalue weighted by atomic mass is 35.5. The largest absolute Gasteiger partial charge is 0.373 e. The number of fused-ring (bicyclic) bond motifs is 1. The molecule has 0 aliphatic carbocycles. The second kappa shape index (κ2) is 9.07. The molecule has 2 aromatic carbocycles. The zero-order valence-electron chi connectivity index (χ0n) is 18.0. The average molecular weight is 494 g/mol. The van der Waals surface area contributed by atoms with Gasteiger partial charge in [0, 0.05) is 25.2 Å². The highest BCUT2D eigenvalue weighted by molar-refractivity contribution is 7.89. The van der Waals surface area contributed by atoms with Gasteiger partial charge in [-0.05, 0) is 57.2 Å². The topological polar surface area (TPSA) is 81.0 Å². The Bertz CT molecular complexity index is 1320. The molecule has 32 heavy (non-hydrogen) atoms. The highest BCUT2D eigenvalue weighted by Gasteiger charge is 2.32.